The van der Waals surface area contributed by atoms with Crippen molar-refractivity contribution in [3.63, 3.8) is 0 Å². The lowest BCUT2D eigenvalue weighted by Crippen LogP contribution is -2.60. The van der Waals surface area contributed by atoms with E-state index in [9.17, 15) is 33.1 Å². The molecule has 0 radical (unpaired) electrons. The van der Waals surface area contributed by atoms with E-state index in [2.05, 4.69) is 127 Å². The van der Waals surface area contributed by atoms with Crippen molar-refractivity contribution in [2.75, 3.05) is 26.4 Å². The molecular weight excluding hydrogens is 885 g/mol. The van der Waals surface area contributed by atoms with Crippen LogP contribution in [0.25, 0.3) is 0 Å². The maximum absolute atomic E-state index is 12.9. The summed E-state index contributed by atoms with van der Waals surface area (Å²) in [6.07, 6.45) is 54.1. The van der Waals surface area contributed by atoms with Crippen LogP contribution in [0.4, 0.5) is 0 Å². The Morgan fingerprint density at radius 3 is 1.49 bits per heavy atom. The van der Waals surface area contributed by atoms with Crippen molar-refractivity contribution >= 4 is 16.4 Å². The van der Waals surface area contributed by atoms with Crippen LogP contribution in [0, 0.1) is 0 Å². The minimum absolute atomic E-state index is 0.0172. The number of unbranched alkanes of at least 4 members (excludes halogenated alkanes) is 12. The van der Waals surface area contributed by atoms with Crippen molar-refractivity contribution in [3.8, 4) is 0 Å². The maximum atomic E-state index is 12.9. The van der Waals surface area contributed by atoms with E-state index in [1.54, 1.807) is 0 Å². The summed E-state index contributed by atoms with van der Waals surface area (Å²) in [5, 5.41) is 30.8. The zero-order valence-corrected chi connectivity index (χ0v) is 42.4. The first kappa shape index (κ1) is 62.8. The summed E-state index contributed by atoms with van der Waals surface area (Å²) >= 11 is 0. The van der Waals surface area contributed by atoms with Gasteiger partial charge in [-0.15, -0.1) is 0 Å². The summed E-state index contributed by atoms with van der Waals surface area (Å²) in [4.78, 5) is 12.9. The smallest absolute Gasteiger partial charge is 0.397 e. The average Bonchev–Trinajstić information content (AvgIpc) is 3.31. The first-order valence-corrected chi connectivity index (χ1v) is 27.0. The van der Waals surface area contributed by atoms with Crippen LogP contribution in [0.3, 0.4) is 0 Å². The van der Waals surface area contributed by atoms with Gasteiger partial charge in [-0.1, -0.05) is 175 Å². The van der Waals surface area contributed by atoms with E-state index in [4.69, 9.17) is 18.9 Å². The first-order chi connectivity index (χ1) is 33.1. The van der Waals surface area contributed by atoms with E-state index in [1.165, 1.54) is 38.5 Å². The van der Waals surface area contributed by atoms with Gasteiger partial charge in [-0.3, -0.25) is 9.35 Å². The van der Waals surface area contributed by atoms with Crippen molar-refractivity contribution in [1.29, 1.82) is 0 Å². The second-order valence-corrected chi connectivity index (χ2v) is 18.1. The fourth-order valence-electron chi connectivity index (χ4n) is 7.05. The Bertz CT molecular complexity index is 1590. The van der Waals surface area contributed by atoms with Crippen LogP contribution in [0.1, 0.15) is 168 Å². The normalized spacial score (nSPS) is 20.2. The summed E-state index contributed by atoms with van der Waals surface area (Å²) in [6.45, 7) is 3.68. The van der Waals surface area contributed by atoms with Crippen molar-refractivity contribution in [2.45, 2.75) is 205 Å². The Hall–Kier alpha value is -3.24. The van der Waals surface area contributed by atoms with Crippen LogP contribution >= 0.6 is 0 Å². The molecule has 68 heavy (non-hydrogen) atoms. The van der Waals surface area contributed by atoms with E-state index in [1.807, 2.05) is 0 Å². The number of rotatable bonds is 43. The minimum Gasteiger partial charge on any atom is -0.457 e. The molecule has 1 fully saturated rings. The molecule has 388 valence electrons. The first-order valence-electron chi connectivity index (χ1n) is 25.6. The monoisotopic (exact) mass is 975 g/mol. The summed E-state index contributed by atoms with van der Waals surface area (Å²) in [5.41, 5.74) is 0. The highest BCUT2D eigenvalue weighted by molar-refractivity contribution is 7.80. The van der Waals surface area contributed by atoms with Crippen LogP contribution in [0.2, 0.25) is 0 Å². The van der Waals surface area contributed by atoms with Crippen molar-refractivity contribution in [3.05, 3.63) is 109 Å². The van der Waals surface area contributed by atoms with Gasteiger partial charge in [-0.25, -0.2) is 4.18 Å². The third kappa shape index (κ3) is 37.6. The van der Waals surface area contributed by atoms with Gasteiger partial charge in [0.15, 0.2) is 6.29 Å². The largest absolute Gasteiger partial charge is 0.457 e. The van der Waals surface area contributed by atoms with E-state index in [0.717, 1.165) is 103 Å². The number of carbonyl (C=O) groups excluding carboxylic acids is 1. The lowest BCUT2D eigenvalue weighted by atomic mass is 9.99. The molecule has 0 amide bonds. The zero-order valence-electron chi connectivity index (χ0n) is 41.6. The van der Waals surface area contributed by atoms with Gasteiger partial charge in [-0.05, 0) is 96.3 Å². The van der Waals surface area contributed by atoms with Crippen LogP contribution in [0.5, 0.6) is 0 Å². The van der Waals surface area contributed by atoms with Gasteiger partial charge in [-0.2, -0.15) is 8.42 Å². The second-order valence-electron chi connectivity index (χ2n) is 17.0. The third-order valence-corrected chi connectivity index (χ3v) is 11.3. The summed E-state index contributed by atoms with van der Waals surface area (Å²) in [5.74, 6) is -0.436. The van der Waals surface area contributed by atoms with E-state index in [0.29, 0.717) is 13.0 Å². The Kier molecular flexibility index (Phi) is 41.5. The van der Waals surface area contributed by atoms with Gasteiger partial charge in [0.05, 0.1) is 19.8 Å². The molecule has 1 rings (SSSR count). The maximum Gasteiger partial charge on any atom is 0.397 e. The van der Waals surface area contributed by atoms with Crippen LogP contribution < -0.4 is 0 Å². The highest BCUT2D eigenvalue weighted by Crippen LogP contribution is 2.26. The predicted octanol–water partition coefficient (Wildman–Crippen LogP) is 12.0. The van der Waals surface area contributed by atoms with Gasteiger partial charge < -0.3 is 34.3 Å². The summed E-state index contributed by atoms with van der Waals surface area (Å²) in [6, 6.07) is 0. The van der Waals surface area contributed by atoms with Crippen LogP contribution in [-0.2, 0) is 38.3 Å². The standard InChI is InChI=1S/C55H90O12S/c1-3-5-7-9-11-13-15-17-19-21-23-25-26-28-30-32-34-36-38-40-42-44-51(57)65-49(48-64-55-53(59)54(67-68(60,61)62)52(58)50(46-56)66-55)47-63-45-43-41-39-37-35-33-31-29-27-24-22-20-18-16-14-12-10-8-6-4-2/h6,8,12,14-15,17-18,20-21,23-24,26-28,31,33,37,39,49-50,52-56,58-59H,3-5,7,9-11,13,16,19,22,25,29-30,32,34-36,38,40-48H2,1-2H3,(H,60,61,62)/b8-6-,14-12-,17-15-,20-18-,23-21-,27-24-,28-26-,33-31-,39-37-. The molecule has 1 heterocycles. The highest BCUT2D eigenvalue weighted by Gasteiger charge is 2.48. The molecule has 0 aliphatic carbocycles. The fourth-order valence-corrected chi connectivity index (χ4v) is 7.56. The number of aliphatic hydroxyl groups excluding tert-OH is 3. The molecule has 0 aromatic rings. The van der Waals surface area contributed by atoms with Gasteiger partial charge in [0.1, 0.15) is 30.5 Å². The molecular formula is C55H90O12S. The number of hydrogen-bond acceptors (Lipinski definition) is 11. The molecule has 0 aromatic heterocycles. The lowest BCUT2D eigenvalue weighted by molar-refractivity contribution is -0.301. The fraction of sp³-hybridized carbons (Fsp3) is 0.655. The number of esters is 1. The number of ether oxygens (including phenoxy) is 4. The van der Waals surface area contributed by atoms with E-state index in [-0.39, 0.29) is 19.6 Å². The van der Waals surface area contributed by atoms with Crippen LogP contribution in [0.15, 0.2) is 109 Å². The topological polar surface area (TPSA) is 178 Å². The van der Waals surface area contributed by atoms with E-state index < -0.39 is 59.8 Å². The molecule has 0 spiro atoms. The molecule has 4 N–H and O–H groups in total. The molecule has 13 heteroatoms. The highest BCUT2D eigenvalue weighted by atomic mass is 32.3. The number of carbonyl (C=O) groups is 1. The summed E-state index contributed by atoms with van der Waals surface area (Å²) < 4.78 is 59.2. The van der Waals surface area contributed by atoms with Crippen molar-refractivity contribution < 1.29 is 56.2 Å². The Morgan fingerprint density at radius 1 is 0.574 bits per heavy atom. The Labute approximate surface area is 411 Å². The van der Waals surface area contributed by atoms with Crippen molar-refractivity contribution in [1.82, 2.24) is 0 Å². The minimum atomic E-state index is -5.08. The number of aliphatic hydroxyl groups is 3. The number of allylic oxidation sites excluding steroid dienone is 18. The van der Waals surface area contributed by atoms with Gasteiger partial charge in [0.25, 0.3) is 0 Å². The Morgan fingerprint density at radius 2 is 1.01 bits per heavy atom. The van der Waals surface area contributed by atoms with Crippen LogP contribution in [-0.4, -0.2) is 97.5 Å². The molecule has 12 nitrogen and oxygen atoms in total. The molecule has 1 saturated heterocycles. The van der Waals surface area contributed by atoms with E-state index >= 15 is 0 Å². The Balaban J connectivity index is 2.44. The molecule has 6 unspecified atom stereocenters. The van der Waals surface area contributed by atoms with Gasteiger partial charge >= 0.3 is 16.4 Å². The molecule has 1 aliphatic heterocycles. The third-order valence-electron chi connectivity index (χ3n) is 10.9. The quantitative estimate of drug-likeness (QED) is 0.0197. The van der Waals surface area contributed by atoms with Crippen molar-refractivity contribution in [2.24, 2.45) is 0 Å². The molecule has 0 aromatic carbocycles. The molecule has 1 aliphatic rings. The zero-order chi connectivity index (χ0) is 49.6. The molecule has 0 bridgehead atoms. The lowest BCUT2D eigenvalue weighted by Gasteiger charge is -2.41. The SMILES string of the molecule is CC/C=C\C/C=C\C/C=C\C/C=C\C/C=C\C/C=C\CCCOCC(COC1OC(CO)C(O)C(OS(=O)(=O)O)C1O)OC(=O)CCCCCCCC/C=C\C/C=C\C/C=C\CCCCCCC. The predicted molar refractivity (Wildman–Crippen MR) is 275 cm³/mol. The van der Waals surface area contributed by atoms with Gasteiger partial charge in [0.2, 0.25) is 0 Å². The summed E-state index contributed by atoms with van der Waals surface area (Å²) in [7, 11) is -5.08. The average molecular weight is 975 g/mol. The second kappa shape index (κ2) is 44.9. The molecule has 6 atom stereocenters. The molecule has 0 saturated carbocycles. The number of hydrogen-bond donors (Lipinski definition) is 4. The van der Waals surface area contributed by atoms with Gasteiger partial charge in [0, 0.05) is 13.0 Å².